The van der Waals surface area contributed by atoms with Gasteiger partial charge in [-0.15, -0.1) is 0 Å². The highest BCUT2D eigenvalue weighted by Gasteiger charge is 2.23. The minimum atomic E-state index is -1.10. The molecule has 2 N–H and O–H groups in total. The highest BCUT2D eigenvalue weighted by atomic mass is 16.3. The van der Waals surface area contributed by atoms with Crippen LogP contribution in [0.2, 0.25) is 0 Å². The zero-order chi connectivity index (χ0) is 13.6. The van der Waals surface area contributed by atoms with Crippen LogP contribution < -0.4 is 5.32 Å². The molecular weight excluding hydrogens is 212 g/mol. The Hall–Kier alpha value is -1.61. The maximum Gasteiger partial charge on any atom is 0.107 e. The molecule has 0 bridgehead atoms. The summed E-state index contributed by atoms with van der Waals surface area (Å²) < 4.78 is 0. The van der Waals surface area contributed by atoms with E-state index in [2.05, 4.69) is 30.0 Å². The average molecular weight is 234 g/mol. The number of hydrogen-bond acceptors (Lipinski definition) is 2. The Bertz CT molecular complexity index is 387. The quantitative estimate of drug-likeness (QED) is 0.321. The van der Waals surface area contributed by atoms with Crippen molar-refractivity contribution in [3.63, 3.8) is 0 Å². The lowest BCUT2D eigenvalue weighted by Gasteiger charge is -2.25. The van der Waals surface area contributed by atoms with Gasteiger partial charge in [0.25, 0.3) is 0 Å². The van der Waals surface area contributed by atoms with Crippen LogP contribution in [0.15, 0.2) is 53.2 Å². The maximum absolute atomic E-state index is 10.1. The summed E-state index contributed by atoms with van der Waals surface area (Å²) in [6.45, 7) is 16.8. The predicted molar refractivity (Wildman–Crippen MR) is 75.0 cm³/mol. The van der Waals surface area contributed by atoms with Gasteiger partial charge in [-0.25, -0.2) is 0 Å². The fourth-order valence-electron chi connectivity index (χ4n) is 1.02. The molecule has 0 heterocycles. The average Bonchev–Trinajstić information content (AvgIpc) is 2.25. The monoisotopic (exact) mass is 234 g/mol. The number of aliphatic hydroxyl groups is 1. The summed E-state index contributed by atoms with van der Waals surface area (Å²) in [5, 5.41) is 13.1. The van der Waals surface area contributed by atoms with Gasteiger partial charge in [0, 0.05) is 12.7 Å². The molecule has 0 rings (SSSR count). The molecule has 3 heteroatoms. The third-order valence-electron chi connectivity index (χ3n) is 2.69. The first kappa shape index (κ1) is 15.4. The molecule has 94 valence electrons. The molecule has 0 aliphatic heterocycles. The van der Waals surface area contributed by atoms with Crippen molar-refractivity contribution in [1.29, 1.82) is 0 Å². The summed E-state index contributed by atoms with van der Waals surface area (Å²) >= 11 is 0. The van der Waals surface area contributed by atoms with E-state index in [1.165, 1.54) is 0 Å². The van der Waals surface area contributed by atoms with Gasteiger partial charge in [-0.3, -0.25) is 4.99 Å². The van der Waals surface area contributed by atoms with Crippen LogP contribution in [-0.2, 0) is 0 Å². The topological polar surface area (TPSA) is 44.6 Å². The van der Waals surface area contributed by atoms with E-state index in [0.29, 0.717) is 16.8 Å². The summed E-state index contributed by atoms with van der Waals surface area (Å²) in [7, 11) is 1.67. The van der Waals surface area contributed by atoms with Gasteiger partial charge in [0.2, 0.25) is 0 Å². The van der Waals surface area contributed by atoms with Crippen LogP contribution in [0.5, 0.6) is 0 Å². The second-order valence-electron chi connectivity index (χ2n) is 4.22. The van der Waals surface area contributed by atoms with Crippen LogP contribution in [0.25, 0.3) is 0 Å². The summed E-state index contributed by atoms with van der Waals surface area (Å²) in [5.74, 6) is 0. The van der Waals surface area contributed by atoms with Crippen LogP contribution in [0, 0.1) is 0 Å². The Morgan fingerprint density at radius 2 is 1.82 bits per heavy atom. The lowest BCUT2D eigenvalue weighted by Crippen LogP contribution is -2.26. The lowest BCUT2D eigenvalue weighted by atomic mass is 9.89. The van der Waals surface area contributed by atoms with Gasteiger partial charge in [0.05, 0.1) is 6.34 Å². The van der Waals surface area contributed by atoms with Gasteiger partial charge < -0.3 is 10.4 Å². The van der Waals surface area contributed by atoms with Gasteiger partial charge >= 0.3 is 0 Å². The van der Waals surface area contributed by atoms with Crippen LogP contribution in [0.1, 0.15) is 20.8 Å². The third kappa shape index (κ3) is 4.41. The van der Waals surface area contributed by atoms with E-state index in [0.717, 1.165) is 5.57 Å². The van der Waals surface area contributed by atoms with E-state index in [1.54, 1.807) is 33.3 Å². The Morgan fingerprint density at radius 1 is 1.29 bits per heavy atom. The Kier molecular flexibility index (Phi) is 5.62. The smallest absolute Gasteiger partial charge is 0.107 e. The summed E-state index contributed by atoms with van der Waals surface area (Å²) in [6, 6.07) is 0. The molecule has 0 saturated carbocycles. The highest BCUT2D eigenvalue weighted by molar-refractivity contribution is 5.59. The SMILES string of the molecule is C=C(NC=NC)/C(C)=C/C(=C)C(C)(O)C(=C)C. The molecule has 3 nitrogen and oxygen atoms in total. The first-order chi connectivity index (χ1) is 7.73. The summed E-state index contributed by atoms with van der Waals surface area (Å²) in [6.07, 6.45) is 3.34. The second kappa shape index (κ2) is 6.21. The molecule has 0 aromatic heterocycles. The number of rotatable bonds is 6. The first-order valence-corrected chi connectivity index (χ1v) is 5.36. The largest absolute Gasteiger partial charge is 0.381 e. The molecule has 0 spiro atoms. The number of hydrogen-bond donors (Lipinski definition) is 2. The van der Waals surface area contributed by atoms with Crippen molar-refractivity contribution in [1.82, 2.24) is 5.32 Å². The molecule has 0 fully saturated rings. The van der Waals surface area contributed by atoms with E-state index in [9.17, 15) is 5.11 Å². The number of nitrogens with zero attached hydrogens (tertiary/aromatic N) is 1. The lowest BCUT2D eigenvalue weighted by molar-refractivity contribution is 0.142. The molecule has 0 aliphatic carbocycles. The van der Waals surface area contributed by atoms with Crippen molar-refractivity contribution in [3.8, 4) is 0 Å². The number of allylic oxidation sites excluding steroid dienone is 1. The van der Waals surface area contributed by atoms with Gasteiger partial charge in [-0.05, 0) is 37.5 Å². The van der Waals surface area contributed by atoms with Crippen LogP contribution in [-0.4, -0.2) is 24.1 Å². The summed E-state index contributed by atoms with van der Waals surface area (Å²) in [5.41, 5.74) is 1.74. The minimum absolute atomic E-state index is 0.582. The highest BCUT2D eigenvalue weighted by Crippen LogP contribution is 2.25. The normalized spacial score (nSPS) is 15.5. The second-order valence-corrected chi connectivity index (χ2v) is 4.22. The molecule has 1 unspecified atom stereocenters. The van der Waals surface area contributed by atoms with Crippen LogP contribution in [0.4, 0.5) is 0 Å². The van der Waals surface area contributed by atoms with Gasteiger partial charge in [0.15, 0.2) is 0 Å². The number of nitrogens with one attached hydrogen (secondary N) is 1. The standard InChI is InChI=1S/C14H22N2O/c1-10(2)14(6,17)12(4)8-11(3)13(5)16-9-15-7/h8-9,17H,1,4-5H2,2-3,6-7H3,(H,15,16)/b11-8+. The van der Waals surface area contributed by atoms with E-state index in [-0.39, 0.29) is 0 Å². The van der Waals surface area contributed by atoms with Crippen molar-refractivity contribution in [3.05, 3.63) is 48.2 Å². The fraction of sp³-hybridized carbons (Fsp3) is 0.357. The first-order valence-electron chi connectivity index (χ1n) is 5.36. The number of aliphatic imine (C=N–C) groups is 1. The molecule has 0 aliphatic rings. The molecule has 0 saturated heterocycles. The van der Waals surface area contributed by atoms with Crippen LogP contribution >= 0.6 is 0 Å². The Labute approximate surface area is 104 Å². The van der Waals surface area contributed by atoms with Crippen molar-refractivity contribution in [2.75, 3.05) is 7.05 Å². The van der Waals surface area contributed by atoms with E-state index in [4.69, 9.17) is 0 Å². The van der Waals surface area contributed by atoms with E-state index < -0.39 is 5.60 Å². The summed E-state index contributed by atoms with van der Waals surface area (Å²) in [4.78, 5) is 3.80. The molecule has 0 radical (unpaired) electrons. The van der Waals surface area contributed by atoms with E-state index >= 15 is 0 Å². The van der Waals surface area contributed by atoms with Gasteiger partial charge in [0.1, 0.15) is 5.60 Å². The van der Waals surface area contributed by atoms with E-state index in [1.807, 2.05) is 6.92 Å². The fourth-order valence-corrected chi connectivity index (χ4v) is 1.02. The molecule has 17 heavy (non-hydrogen) atoms. The van der Waals surface area contributed by atoms with Crippen LogP contribution in [0.3, 0.4) is 0 Å². The molecule has 1 atom stereocenters. The Morgan fingerprint density at radius 3 is 2.24 bits per heavy atom. The van der Waals surface area contributed by atoms with Crippen molar-refractivity contribution in [2.45, 2.75) is 26.4 Å². The molecule has 0 amide bonds. The van der Waals surface area contributed by atoms with Gasteiger partial charge in [-0.2, -0.15) is 0 Å². The maximum atomic E-state index is 10.1. The molecule has 0 aromatic rings. The minimum Gasteiger partial charge on any atom is -0.381 e. The zero-order valence-corrected chi connectivity index (χ0v) is 11.2. The molecular formula is C14H22N2O. The van der Waals surface area contributed by atoms with Crippen molar-refractivity contribution in [2.24, 2.45) is 4.99 Å². The van der Waals surface area contributed by atoms with Crippen molar-refractivity contribution >= 4 is 6.34 Å². The molecule has 0 aromatic carbocycles. The van der Waals surface area contributed by atoms with Crippen molar-refractivity contribution < 1.29 is 5.11 Å². The zero-order valence-electron chi connectivity index (χ0n) is 11.2. The van der Waals surface area contributed by atoms with Gasteiger partial charge in [-0.1, -0.05) is 25.8 Å². The predicted octanol–water partition coefficient (Wildman–Crippen LogP) is 2.58. The Balaban J connectivity index is 4.86. The third-order valence-corrected chi connectivity index (χ3v) is 2.69.